The van der Waals surface area contributed by atoms with Crippen LogP contribution in [0.25, 0.3) is 10.9 Å². The summed E-state index contributed by atoms with van der Waals surface area (Å²) >= 11 is 0. The third-order valence-electron chi connectivity index (χ3n) is 5.59. The number of amides is 1. The molecule has 2 aromatic heterocycles. The Balaban J connectivity index is 1.39. The van der Waals surface area contributed by atoms with Gasteiger partial charge in [0.05, 0.1) is 17.1 Å². The highest BCUT2D eigenvalue weighted by Gasteiger charge is 2.30. The fourth-order valence-electron chi connectivity index (χ4n) is 3.73. The maximum atomic E-state index is 12.9. The molecule has 3 aromatic rings. The lowest BCUT2D eigenvalue weighted by molar-refractivity contribution is -0.137. The molecule has 7 nitrogen and oxygen atoms in total. The third-order valence-corrected chi connectivity index (χ3v) is 5.59. The Labute approximate surface area is 194 Å². The number of piperazine rings is 1. The van der Waals surface area contributed by atoms with Crippen molar-refractivity contribution in [3.05, 3.63) is 59.9 Å². The predicted molar refractivity (Wildman–Crippen MR) is 118 cm³/mol. The molecule has 3 heterocycles. The number of halogens is 3. The number of benzene rings is 1. The van der Waals surface area contributed by atoms with E-state index < -0.39 is 11.7 Å². The van der Waals surface area contributed by atoms with Crippen molar-refractivity contribution in [1.29, 1.82) is 5.26 Å². The first-order valence-corrected chi connectivity index (χ1v) is 10.8. The molecule has 0 N–H and O–H groups in total. The Bertz CT molecular complexity index is 1200. The second-order valence-electron chi connectivity index (χ2n) is 7.93. The number of unbranched alkanes of at least 4 members (excludes halogenated alkanes) is 1. The van der Waals surface area contributed by atoms with Gasteiger partial charge in [-0.2, -0.15) is 18.4 Å². The molecule has 1 amide bonds. The maximum absolute atomic E-state index is 12.9. The topological polar surface area (TPSA) is 82.4 Å². The molecule has 1 aliphatic rings. The van der Waals surface area contributed by atoms with Crippen LogP contribution >= 0.6 is 0 Å². The van der Waals surface area contributed by atoms with E-state index >= 15 is 0 Å². The first kappa shape index (κ1) is 23.4. The molecule has 1 fully saturated rings. The van der Waals surface area contributed by atoms with Gasteiger partial charge in [0.2, 0.25) is 5.88 Å². The van der Waals surface area contributed by atoms with Crippen molar-refractivity contribution in [2.75, 3.05) is 32.7 Å². The van der Waals surface area contributed by atoms with Gasteiger partial charge in [0.1, 0.15) is 11.4 Å². The number of hydrogen-bond acceptors (Lipinski definition) is 6. The summed E-state index contributed by atoms with van der Waals surface area (Å²) in [7, 11) is 0. The molecule has 0 unspecified atom stereocenters. The SMILES string of the molecule is N#CCCCN1CCN(C(=O)c2ccc3cc(Oc4ccc(C(F)(F)F)cn4)ccc3n2)CC1. The molecule has 1 aliphatic heterocycles. The standard InChI is InChI=1S/C24H22F3N5O2/c25-24(26,27)18-4-8-22(29-16-18)34-19-5-7-20-17(15-19)3-6-21(30-20)23(33)32-13-11-31(12-14-32)10-2-1-9-28/h3-8,15-16H,1-2,10-14H2. The number of hydrogen-bond donors (Lipinski definition) is 0. The smallest absolute Gasteiger partial charge is 0.417 e. The van der Waals surface area contributed by atoms with Gasteiger partial charge in [0, 0.05) is 50.2 Å². The molecule has 4 rings (SSSR count). The summed E-state index contributed by atoms with van der Waals surface area (Å²) in [6, 6.07) is 12.7. The lowest BCUT2D eigenvalue weighted by atomic mass is 10.1. The van der Waals surface area contributed by atoms with Gasteiger partial charge in [-0.25, -0.2) is 9.97 Å². The van der Waals surface area contributed by atoms with Crippen LogP contribution in [0.4, 0.5) is 13.2 Å². The first-order valence-electron chi connectivity index (χ1n) is 10.8. The molecule has 0 atom stereocenters. The van der Waals surface area contributed by atoms with E-state index in [2.05, 4.69) is 20.9 Å². The molecular formula is C24H22F3N5O2. The minimum atomic E-state index is -4.46. The number of alkyl halides is 3. The van der Waals surface area contributed by atoms with Crippen LogP contribution in [0.15, 0.2) is 48.7 Å². The van der Waals surface area contributed by atoms with E-state index in [1.54, 1.807) is 35.2 Å². The van der Waals surface area contributed by atoms with Gasteiger partial charge in [0.15, 0.2) is 0 Å². The number of nitriles is 1. The van der Waals surface area contributed by atoms with Crippen molar-refractivity contribution in [3.8, 4) is 17.7 Å². The zero-order chi connectivity index (χ0) is 24.1. The summed E-state index contributed by atoms with van der Waals surface area (Å²) in [5.41, 5.74) is 0.109. The van der Waals surface area contributed by atoms with Crippen LogP contribution in [-0.2, 0) is 6.18 Å². The molecule has 0 saturated carbocycles. The number of aromatic nitrogens is 2. The van der Waals surface area contributed by atoms with E-state index in [1.165, 1.54) is 0 Å². The average Bonchev–Trinajstić information content (AvgIpc) is 2.84. The van der Waals surface area contributed by atoms with E-state index in [0.717, 1.165) is 49.8 Å². The molecule has 1 saturated heterocycles. The van der Waals surface area contributed by atoms with Crippen molar-refractivity contribution in [2.24, 2.45) is 0 Å². The minimum Gasteiger partial charge on any atom is -0.439 e. The largest absolute Gasteiger partial charge is 0.439 e. The summed E-state index contributed by atoms with van der Waals surface area (Å²) in [6.45, 7) is 3.61. The zero-order valence-corrected chi connectivity index (χ0v) is 18.3. The summed E-state index contributed by atoms with van der Waals surface area (Å²) in [5.74, 6) is 0.305. The Morgan fingerprint density at radius 3 is 2.56 bits per heavy atom. The van der Waals surface area contributed by atoms with Gasteiger partial charge in [-0.1, -0.05) is 6.07 Å². The van der Waals surface area contributed by atoms with Gasteiger partial charge in [-0.3, -0.25) is 9.69 Å². The highest BCUT2D eigenvalue weighted by Crippen LogP contribution is 2.30. The van der Waals surface area contributed by atoms with Crippen molar-refractivity contribution >= 4 is 16.8 Å². The monoisotopic (exact) mass is 469 g/mol. The van der Waals surface area contributed by atoms with E-state index in [1.807, 2.05) is 0 Å². The molecule has 176 valence electrons. The minimum absolute atomic E-state index is 0.0406. The number of ether oxygens (including phenoxy) is 1. The lowest BCUT2D eigenvalue weighted by Gasteiger charge is -2.34. The van der Waals surface area contributed by atoms with Gasteiger partial charge in [-0.15, -0.1) is 0 Å². The molecule has 10 heteroatoms. The normalized spacial score (nSPS) is 14.7. The maximum Gasteiger partial charge on any atom is 0.417 e. The number of fused-ring (bicyclic) bond motifs is 1. The number of nitrogens with zero attached hydrogens (tertiary/aromatic N) is 5. The number of rotatable bonds is 6. The molecule has 1 aromatic carbocycles. The Kier molecular flexibility index (Phi) is 6.93. The zero-order valence-electron chi connectivity index (χ0n) is 18.3. The molecule has 0 radical (unpaired) electrons. The molecule has 34 heavy (non-hydrogen) atoms. The van der Waals surface area contributed by atoms with E-state index in [-0.39, 0.29) is 11.8 Å². The van der Waals surface area contributed by atoms with Gasteiger partial charge < -0.3 is 9.64 Å². The van der Waals surface area contributed by atoms with Crippen LogP contribution in [-0.4, -0.2) is 58.4 Å². The third kappa shape index (κ3) is 5.61. The van der Waals surface area contributed by atoms with Gasteiger partial charge >= 0.3 is 6.18 Å². The quantitative estimate of drug-likeness (QED) is 0.495. The van der Waals surface area contributed by atoms with Crippen LogP contribution < -0.4 is 4.74 Å². The number of carbonyl (C=O) groups excluding carboxylic acids is 1. The van der Waals surface area contributed by atoms with Gasteiger partial charge in [-0.05, 0) is 43.3 Å². The average molecular weight is 469 g/mol. The Morgan fingerprint density at radius 1 is 1.09 bits per heavy atom. The number of pyridine rings is 2. The Hall–Kier alpha value is -3.71. The molecule has 0 bridgehead atoms. The summed E-state index contributed by atoms with van der Waals surface area (Å²) in [4.78, 5) is 25.1. The summed E-state index contributed by atoms with van der Waals surface area (Å²) in [5, 5.41) is 9.38. The second kappa shape index (κ2) is 10.1. The molecule has 0 spiro atoms. The second-order valence-corrected chi connectivity index (χ2v) is 7.93. The van der Waals surface area contributed by atoms with Crippen LogP contribution in [0.3, 0.4) is 0 Å². The number of carbonyl (C=O) groups is 1. The first-order chi connectivity index (χ1) is 16.3. The summed E-state index contributed by atoms with van der Waals surface area (Å²) in [6.07, 6.45) is -2.37. The van der Waals surface area contributed by atoms with Crippen LogP contribution in [0, 0.1) is 11.3 Å². The summed E-state index contributed by atoms with van der Waals surface area (Å²) < 4.78 is 43.6. The van der Waals surface area contributed by atoms with Crippen molar-refractivity contribution in [3.63, 3.8) is 0 Å². The fourth-order valence-corrected chi connectivity index (χ4v) is 3.73. The van der Waals surface area contributed by atoms with Crippen LogP contribution in [0.1, 0.15) is 28.9 Å². The highest BCUT2D eigenvalue weighted by atomic mass is 19.4. The molecular weight excluding hydrogens is 447 g/mol. The van der Waals surface area contributed by atoms with Crippen molar-refractivity contribution in [2.45, 2.75) is 19.0 Å². The van der Waals surface area contributed by atoms with E-state index in [0.29, 0.717) is 36.5 Å². The van der Waals surface area contributed by atoms with Crippen LogP contribution in [0.2, 0.25) is 0 Å². The van der Waals surface area contributed by atoms with E-state index in [4.69, 9.17) is 10.00 Å². The predicted octanol–water partition coefficient (Wildman–Crippen LogP) is 4.50. The fraction of sp³-hybridized carbons (Fsp3) is 0.333. The van der Waals surface area contributed by atoms with Gasteiger partial charge in [0.25, 0.3) is 5.91 Å². The van der Waals surface area contributed by atoms with Crippen molar-refractivity contribution in [1.82, 2.24) is 19.8 Å². The van der Waals surface area contributed by atoms with E-state index in [9.17, 15) is 18.0 Å². The lowest BCUT2D eigenvalue weighted by Crippen LogP contribution is -2.49. The molecule has 0 aliphatic carbocycles. The van der Waals surface area contributed by atoms with Crippen LogP contribution in [0.5, 0.6) is 11.6 Å². The highest BCUT2D eigenvalue weighted by molar-refractivity contribution is 5.95. The Morgan fingerprint density at radius 2 is 1.88 bits per heavy atom. The van der Waals surface area contributed by atoms with Crippen molar-refractivity contribution < 1.29 is 22.7 Å².